The van der Waals surface area contributed by atoms with Crippen LogP contribution in [0, 0.1) is 13.8 Å². The van der Waals surface area contributed by atoms with Crippen LogP contribution in [-0.4, -0.2) is 16.7 Å². The molecule has 0 spiro atoms. The SMILES string of the molecule is Cc1ccc(SC(C)CC(C)(N)C(N)=O)cc1C. The highest BCUT2D eigenvalue weighted by molar-refractivity contribution is 7.99. The average Bonchev–Trinajstić information content (AvgIpc) is 2.22. The van der Waals surface area contributed by atoms with Crippen molar-refractivity contribution in [2.24, 2.45) is 11.5 Å². The summed E-state index contributed by atoms with van der Waals surface area (Å²) in [4.78, 5) is 12.4. The number of carbonyl (C=O) groups is 1. The molecule has 1 aromatic rings. The number of amides is 1. The fourth-order valence-corrected chi connectivity index (χ4v) is 3.04. The number of nitrogens with two attached hydrogens (primary N) is 2. The van der Waals surface area contributed by atoms with Gasteiger partial charge in [0, 0.05) is 10.1 Å². The molecule has 0 radical (unpaired) electrons. The van der Waals surface area contributed by atoms with Gasteiger partial charge in [-0.1, -0.05) is 13.0 Å². The van der Waals surface area contributed by atoms with E-state index in [0.717, 1.165) is 0 Å². The van der Waals surface area contributed by atoms with Gasteiger partial charge in [0.15, 0.2) is 0 Å². The molecule has 0 saturated carbocycles. The minimum Gasteiger partial charge on any atom is -0.368 e. The first-order valence-corrected chi connectivity index (χ1v) is 6.93. The van der Waals surface area contributed by atoms with Crippen molar-refractivity contribution in [1.29, 1.82) is 0 Å². The van der Waals surface area contributed by atoms with Crippen molar-refractivity contribution >= 4 is 17.7 Å². The molecule has 0 saturated heterocycles. The zero-order valence-electron chi connectivity index (χ0n) is 11.5. The van der Waals surface area contributed by atoms with E-state index in [9.17, 15) is 4.79 Å². The third-order valence-electron chi connectivity index (χ3n) is 3.09. The molecule has 1 rings (SSSR count). The van der Waals surface area contributed by atoms with Crippen molar-refractivity contribution in [3.8, 4) is 0 Å². The topological polar surface area (TPSA) is 69.1 Å². The Kier molecular flexibility index (Phi) is 4.82. The molecule has 18 heavy (non-hydrogen) atoms. The molecule has 0 aromatic heterocycles. The molecule has 0 fully saturated rings. The Morgan fingerprint density at radius 3 is 2.50 bits per heavy atom. The Morgan fingerprint density at radius 1 is 1.39 bits per heavy atom. The number of primary amides is 1. The lowest BCUT2D eigenvalue weighted by molar-refractivity contribution is -0.122. The number of rotatable bonds is 5. The molecular formula is C14H22N2OS. The lowest BCUT2D eigenvalue weighted by atomic mass is 9.97. The Balaban J connectivity index is 2.67. The number of carbonyl (C=O) groups excluding carboxylic acids is 1. The predicted molar refractivity (Wildman–Crippen MR) is 77.6 cm³/mol. The number of hydrogen-bond acceptors (Lipinski definition) is 3. The van der Waals surface area contributed by atoms with Crippen LogP contribution in [-0.2, 0) is 4.79 Å². The number of benzene rings is 1. The smallest absolute Gasteiger partial charge is 0.237 e. The molecule has 0 aliphatic carbocycles. The lowest BCUT2D eigenvalue weighted by Crippen LogP contribution is -2.50. The molecule has 0 heterocycles. The van der Waals surface area contributed by atoms with Crippen LogP contribution in [0.3, 0.4) is 0 Å². The van der Waals surface area contributed by atoms with Crippen molar-refractivity contribution in [1.82, 2.24) is 0 Å². The highest BCUT2D eigenvalue weighted by Gasteiger charge is 2.28. The molecule has 4 N–H and O–H groups in total. The standard InChI is InChI=1S/C14H22N2OS/c1-9-5-6-12(7-10(9)2)18-11(3)8-14(4,16)13(15)17/h5-7,11H,8,16H2,1-4H3,(H2,15,17). The zero-order chi connectivity index (χ0) is 13.9. The summed E-state index contributed by atoms with van der Waals surface area (Å²) in [6.07, 6.45) is 0.569. The maximum atomic E-state index is 11.2. The predicted octanol–water partition coefficient (Wildman–Crippen LogP) is 2.38. The Labute approximate surface area is 113 Å². The molecule has 2 unspecified atom stereocenters. The van der Waals surface area contributed by atoms with Crippen molar-refractivity contribution in [2.45, 2.75) is 49.8 Å². The fraction of sp³-hybridized carbons (Fsp3) is 0.500. The highest BCUT2D eigenvalue weighted by atomic mass is 32.2. The minimum absolute atomic E-state index is 0.245. The molecule has 1 amide bonds. The number of thioether (sulfide) groups is 1. The Morgan fingerprint density at radius 2 is 2.00 bits per heavy atom. The summed E-state index contributed by atoms with van der Waals surface area (Å²) in [6.45, 7) is 7.94. The molecule has 1 aromatic carbocycles. The third kappa shape index (κ3) is 4.03. The molecule has 2 atom stereocenters. The maximum absolute atomic E-state index is 11.2. The van der Waals surface area contributed by atoms with Crippen molar-refractivity contribution in [2.75, 3.05) is 0 Å². The van der Waals surface area contributed by atoms with Gasteiger partial charge >= 0.3 is 0 Å². The second kappa shape index (κ2) is 5.76. The molecule has 0 aliphatic heterocycles. The van der Waals surface area contributed by atoms with E-state index in [4.69, 9.17) is 11.5 Å². The minimum atomic E-state index is -0.938. The van der Waals surface area contributed by atoms with Gasteiger partial charge in [-0.05, 0) is 50.5 Å². The van der Waals surface area contributed by atoms with Crippen LogP contribution >= 0.6 is 11.8 Å². The van der Waals surface area contributed by atoms with Gasteiger partial charge in [0.2, 0.25) is 5.91 Å². The van der Waals surface area contributed by atoms with Crippen molar-refractivity contribution in [3.63, 3.8) is 0 Å². The Hall–Kier alpha value is -1.00. The fourth-order valence-electron chi connectivity index (χ4n) is 1.76. The van der Waals surface area contributed by atoms with Crippen LogP contribution in [0.15, 0.2) is 23.1 Å². The summed E-state index contributed by atoms with van der Waals surface area (Å²) in [7, 11) is 0. The van der Waals surface area contributed by atoms with E-state index >= 15 is 0 Å². The van der Waals surface area contributed by atoms with Crippen molar-refractivity contribution in [3.05, 3.63) is 29.3 Å². The van der Waals surface area contributed by atoms with Gasteiger partial charge in [0.25, 0.3) is 0 Å². The van der Waals surface area contributed by atoms with Gasteiger partial charge in [-0.2, -0.15) is 0 Å². The largest absolute Gasteiger partial charge is 0.368 e. The monoisotopic (exact) mass is 266 g/mol. The summed E-state index contributed by atoms with van der Waals surface area (Å²) >= 11 is 1.72. The van der Waals surface area contributed by atoms with E-state index in [1.165, 1.54) is 16.0 Å². The molecular weight excluding hydrogens is 244 g/mol. The van der Waals surface area contributed by atoms with Crippen LogP contribution in [0.1, 0.15) is 31.4 Å². The quantitative estimate of drug-likeness (QED) is 0.804. The normalized spacial score (nSPS) is 16.1. The summed E-state index contributed by atoms with van der Waals surface area (Å²) in [5.41, 5.74) is 12.8. The van der Waals surface area contributed by atoms with E-state index in [1.54, 1.807) is 18.7 Å². The van der Waals surface area contributed by atoms with Gasteiger partial charge in [0.1, 0.15) is 0 Å². The molecule has 0 bridgehead atoms. The molecule has 100 valence electrons. The molecule has 4 heteroatoms. The maximum Gasteiger partial charge on any atom is 0.237 e. The van der Waals surface area contributed by atoms with Gasteiger partial charge in [-0.15, -0.1) is 11.8 Å². The van der Waals surface area contributed by atoms with Crippen LogP contribution in [0.25, 0.3) is 0 Å². The first-order chi connectivity index (χ1) is 8.22. The average molecular weight is 266 g/mol. The van der Waals surface area contributed by atoms with E-state index in [2.05, 4.69) is 39.0 Å². The lowest BCUT2D eigenvalue weighted by Gasteiger charge is -2.24. The van der Waals surface area contributed by atoms with Gasteiger partial charge < -0.3 is 11.5 Å². The van der Waals surface area contributed by atoms with E-state index in [-0.39, 0.29) is 5.25 Å². The first kappa shape index (κ1) is 15.1. The number of aryl methyl sites for hydroxylation is 2. The second-order valence-electron chi connectivity index (χ2n) is 5.16. The number of hydrogen-bond donors (Lipinski definition) is 2. The van der Waals surface area contributed by atoms with Gasteiger partial charge in [-0.3, -0.25) is 4.79 Å². The van der Waals surface area contributed by atoms with Crippen LogP contribution < -0.4 is 11.5 Å². The van der Waals surface area contributed by atoms with E-state index in [0.29, 0.717) is 6.42 Å². The second-order valence-corrected chi connectivity index (χ2v) is 6.67. The third-order valence-corrected chi connectivity index (χ3v) is 4.19. The van der Waals surface area contributed by atoms with Crippen LogP contribution in [0.4, 0.5) is 0 Å². The van der Waals surface area contributed by atoms with Gasteiger partial charge in [0.05, 0.1) is 5.54 Å². The highest BCUT2D eigenvalue weighted by Crippen LogP contribution is 2.29. The van der Waals surface area contributed by atoms with E-state index < -0.39 is 11.4 Å². The van der Waals surface area contributed by atoms with Crippen LogP contribution in [0.2, 0.25) is 0 Å². The Bertz CT molecular complexity index is 443. The summed E-state index contributed by atoms with van der Waals surface area (Å²) in [5, 5.41) is 0.245. The van der Waals surface area contributed by atoms with E-state index in [1.807, 2.05) is 0 Å². The zero-order valence-corrected chi connectivity index (χ0v) is 12.3. The van der Waals surface area contributed by atoms with Gasteiger partial charge in [-0.25, -0.2) is 0 Å². The summed E-state index contributed by atoms with van der Waals surface area (Å²) < 4.78 is 0. The summed E-state index contributed by atoms with van der Waals surface area (Å²) in [6, 6.07) is 6.37. The van der Waals surface area contributed by atoms with Crippen LogP contribution in [0.5, 0.6) is 0 Å². The first-order valence-electron chi connectivity index (χ1n) is 6.05. The van der Waals surface area contributed by atoms with Crippen molar-refractivity contribution < 1.29 is 4.79 Å². The molecule has 0 aliphatic rings. The summed E-state index contributed by atoms with van der Waals surface area (Å²) in [5.74, 6) is -0.449. The molecule has 3 nitrogen and oxygen atoms in total.